The molecule has 1 atom stereocenters. The number of unbranched alkanes of at least 4 members (excludes halogenated alkanes) is 5. The van der Waals surface area contributed by atoms with Gasteiger partial charge in [0.05, 0.1) is 51.5 Å². The largest absolute Gasteiger partial charge is 0.481 e. The number of para-hydroxylation sites is 1. The fourth-order valence-electron chi connectivity index (χ4n) is 4.15. The Morgan fingerprint density at radius 1 is 0.882 bits per heavy atom. The number of likely N-dealkylation sites (N-methyl/N-ethyl adjacent to an activating group) is 1. The number of hydrogen-bond donors (Lipinski definition) is 2. The fraction of sp³-hybridized carbons (Fsp3) is 0.500. The molecule has 0 aliphatic heterocycles. The van der Waals surface area contributed by atoms with Crippen molar-refractivity contribution in [2.75, 3.05) is 32.6 Å². The molecule has 0 spiro atoms. The van der Waals surface area contributed by atoms with Gasteiger partial charge in [0.1, 0.15) is 0 Å². The minimum Gasteiger partial charge on any atom is -0.481 e. The van der Waals surface area contributed by atoms with Crippen LogP contribution < -0.4 is 10.2 Å². The van der Waals surface area contributed by atoms with E-state index in [0.717, 1.165) is 17.8 Å². The van der Waals surface area contributed by atoms with Gasteiger partial charge >= 0.3 is 12.0 Å². The number of carboxylic acids is 1. The van der Waals surface area contributed by atoms with Crippen molar-refractivity contribution in [2.24, 2.45) is 0 Å². The van der Waals surface area contributed by atoms with Gasteiger partial charge in [-0.15, -0.1) is 0 Å². The monoisotopic (exact) mass is 468 g/mol. The molecule has 0 saturated heterocycles. The average molecular weight is 469 g/mol. The van der Waals surface area contributed by atoms with Crippen LogP contribution in [0.5, 0.6) is 0 Å². The van der Waals surface area contributed by atoms with E-state index in [1.165, 1.54) is 44.1 Å². The molecule has 0 unspecified atom stereocenters. The molecule has 0 aromatic heterocycles. The summed E-state index contributed by atoms with van der Waals surface area (Å²) in [5, 5.41) is 12.3. The van der Waals surface area contributed by atoms with Crippen molar-refractivity contribution in [3.63, 3.8) is 0 Å². The minimum atomic E-state index is -0.927. The van der Waals surface area contributed by atoms with E-state index in [-0.39, 0.29) is 12.5 Å². The van der Waals surface area contributed by atoms with E-state index in [0.29, 0.717) is 11.0 Å². The molecule has 0 fully saturated rings. The Morgan fingerprint density at radius 2 is 1.47 bits per heavy atom. The van der Waals surface area contributed by atoms with Crippen molar-refractivity contribution >= 4 is 23.4 Å². The van der Waals surface area contributed by atoms with Crippen molar-refractivity contribution in [1.29, 1.82) is 0 Å². The lowest BCUT2D eigenvalue weighted by Crippen LogP contribution is -2.52. The third-order valence-corrected chi connectivity index (χ3v) is 5.75. The predicted molar refractivity (Wildman–Crippen MR) is 140 cm³/mol. The number of carbonyl (C=O) groups excluding carboxylic acids is 1. The number of nitrogens with one attached hydrogen (secondary N) is 1. The van der Waals surface area contributed by atoms with Gasteiger partial charge in [-0.2, -0.15) is 0 Å². The Labute approximate surface area is 205 Å². The molecule has 0 radical (unpaired) electrons. The number of carboxylic acid groups (broad SMARTS) is 1. The second-order valence-corrected chi connectivity index (χ2v) is 10.1. The number of benzene rings is 2. The maximum absolute atomic E-state index is 13.4. The van der Waals surface area contributed by atoms with Crippen LogP contribution >= 0.6 is 0 Å². The summed E-state index contributed by atoms with van der Waals surface area (Å²) in [6.07, 6.45) is 8.51. The summed E-state index contributed by atoms with van der Waals surface area (Å²) in [6, 6.07) is 16.8. The summed E-state index contributed by atoms with van der Waals surface area (Å²) in [5.74, 6) is -0.927. The topological polar surface area (TPSA) is 69.6 Å². The highest BCUT2D eigenvalue weighted by Crippen LogP contribution is 2.26. The smallest absolute Gasteiger partial charge is 0.326 e. The van der Waals surface area contributed by atoms with Gasteiger partial charge < -0.3 is 14.9 Å². The van der Waals surface area contributed by atoms with Crippen LogP contribution in [0.4, 0.5) is 16.2 Å². The van der Waals surface area contributed by atoms with Crippen LogP contribution in [0.25, 0.3) is 0 Å². The number of hydrogen-bond acceptors (Lipinski definition) is 2. The number of aliphatic carboxylic acids is 1. The molecule has 6 heteroatoms. The predicted octanol–water partition coefficient (Wildman–Crippen LogP) is 5.99. The van der Waals surface area contributed by atoms with Crippen LogP contribution in [0.1, 0.15) is 57.4 Å². The molecule has 2 rings (SSSR count). The normalized spacial score (nSPS) is 12.2. The van der Waals surface area contributed by atoms with Gasteiger partial charge in [0, 0.05) is 0 Å². The summed E-state index contributed by atoms with van der Waals surface area (Å²) >= 11 is 0. The molecule has 0 aliphatic carbocycles. The Kier molecular flexibility index (Phi) is 11.1. The molecule has 2 aromatic rings. The third kappa shape index (κ3) is 9.96. The number of nitrogens with zero attached hydrogens (tertiary/aromatic N) is 2. The average Bonchev–Trinajstić information content (AvgIpc) is 2.76. The molecule has 0 aliphatic rings. The first kappa shape index (κ1) is 27.4. The molecule has 0 heterocycles. The van der Waals surface area contributed by atoms with E-state index in [9.17, 15) is 14.7 Å². The Balaban J connectivity index is 2.15. The number of quaternary nitrogens is 1. The number of aryl methyl sites for hydroxylation is 1. The molecule has 6 nitrogen and oxygen atoms in total. The molecular weight excluding hydrogens is 426 g/mol. The van der Waals surface area contributed by atoms with Crippen LogP contribution in [-0.2, 0) is 11.2 Å². The van der Waals surface area contributed by atoms with Crippen molar-refractivity contribution in [3.8, 4) is 0 Å². The molecule has 2 amide bonds. The van der Waals surface area contributed by atoms with E-state index in [1.54, 1.807) is 4.90 Å². The molecule has 0 saturated carbocycles. The van der Waals surface area contributed by atoms with Gasteiger partial charge in [0.25, 0.3) is 0 Å². The molecule has 2 aromatic carbocycles. The second-order valence-electron chi connectivity index (χ2n) is 10.1. The lowest BCUT2D eigenvalue weighted by molar-refractivity contribution is -0.871. The Hall–Kier alpha value is -2.86. The zero-order valence-corrected chi connectivity index (χ0v) is 21.3. The number of urea groups is 1. The van der Waals surface area contributed by atoms with Crippen LogP contribution in [-0.4, -0.2) is 55.3 Å². The van der Waals surface area contributed by atoms with E-state index in [2.05, 4.69) is 24.4 Å². The standard InChI is InChI=1S/C28H41N3O3/c1-5-6-7-8-9-11-14-23-17-19-26(20-18-23)30(25-15-12-10-13-16-25)28(34)29-24(21-27(32)33)22-31(2,3)4/h10,12-13,15-20,24H,5-9,11,14,21-22H2,1-4H3,(H-,29,32,33,34)/p+1/t24-/m1/s1. The summed E-state index contributed by atoms with van der Waals surface area (Å²) < 4.78 is 0.552. The molecular formula is C28H42N3O3+. The second kappa shape index (κ2) is 13.8. The number of rotatable bonds is 14. The minimum absolute atomic E-state index is 0.124. The SMILES string of the molecule is CCCCCCCCc1ccc(N(C(=O)N[C@H](CC(=O)O)C[N+](C)(C)C)c2ccccc2)cc1. The maximum atomic E-state index is 13.4. The Bertz CT molecular complexity index is 876. The van der Waals surface area contributed by atoms with E-state index in [1.807, 2.05) is 63.6 Å². The van der Waals surface area contributed by atoms with Crippen molar-refractivity contribution in [2.45, 2.75) is 64.3 Å². The van der Waals surface area contributed by atoms with Crippen LogP contribution in [0.3, 0.4) is 0 Å². The number of anilines is 2. The summed E-state index contributed by atoms with van der Waals surface area (Å²) in [6.45, 7) is 2.74. The first-order valence-corrected chi connectivity index (χ1v) is 12.5. The van der Waals surface area contributed by atoms with Crippen molar-refractivity contribution < 1.29 is 19.2 Å². The maximum Gasteiger partial charge on any atom is 0.326 e. The van der Waals surface area contributed by atoms with E-state index < -0.39 is 12.0 Å². The van der Waals surface area contributed by atoms with Gasteiger partial charge in [-0.25, -0.2) is 4.79 Å². The number of carbonyl (C=O) groups is 2. The third-order valence-electron chi connectivity index (χ3n) is 5.75. The first-order chi connectivity index (χ1) is 16.2. The van der Waals surface area contributed by atoms with Gasteiger partial charge in [-0.1, -0.05) is 69.4 Å². The lowest BCUT2D eigenvalue weighted by Gasteiger charge is -2.31. The number of amides is 2. The molecule has 2 N–H and O–H groups in total. The highest BCUT2D eigenvalue weighted by molar-refractivity contribution is 5.99. The summed E-state index contributed by atoms with van der Waals surface area (Å²) in [4.78, 5) is 26.5. The van der Waals surface area contributed by atoms with E-state index in [4.69, 9.17) is 0 Å². The first-order valence-electron chi connectivity index (χ1n) is 12.5. The van der Waals surface area contributed by atoms with Crippen LogP contribution in [0.15, 0.2) is 54.6 Å². The highest BCUT2D eigenvalue weighted by atomic mass is 16.4. The fourth-order valence-corrected chi connectivity index (χ4v) is 4.15. The molecule has 186 valence electrons. The zero-order chi connectivity index (χ0) is 25.0. The van der Waals surface area contributed by atoms with Crippen molar-refractivity contribution in [3.05, 3.63) is 60.2 Å². The molecule has 34 heavy (non-hydrogen) atoms. The highest BCUT2D eigenvalue weighted by Gasteiger charge is 2.26. The van der Waals surface area contributed by atoms with Crippen LogP contribution in [0, 0.1) is 0 Å². The van der Waals surface area contributed by atoms with Gasteiger partial charge in [0.15, 0.2) is 0 Å². The quantitative estimate of drug-likeness (QED) is 0.264. The molecule has 0 bridgehead atoms. The summed E-state index contributed by atoms with van der Waals surface area (Å²) in [7, 11) is 5.95. The summed E-state index contributed by atoms with van der Waals surface area (Å²) in [5.41, 5.74) is 2.76. The zero-order valence-electron chi connectivity index (χ0n) is 21.3. The Morgan fingerprint density at radius 3 is 2.06 bits per heavy atom. The van der Waals surface area contributed by atoms with Gasteiger partial charge in [-0.05, 0) is 42.7 Å². The van der Waals surface area contributed by atoms with Gasteiger partial charge in [0.2, 0.25) is 0 Å². The van der Waals surface area contributed by atoms with E-state index >= 15 is 0 Å². The van der Waals surface area contributed by atoms with Crippen LogP contribution in [0.2, 0.25) is 0 Å². The lowest BCUT2D eigenvalue weighted by atomic mass is 10.0. The van der Waals surface area contributed by atoms with Gasteiger partial charge in [-0.3, -0.25) is 9.69 Å². The van der Waals surface area contributed by atoms with Crippen molar-refractivity contribution in [1.82, 2.24) is 5.32 Å².